The number of carboxylic acid groups (broad SMARTS) is 1. The molecule has 2 heterocycles. The van der Waals surface area contributed by atoms with Gasteiger partial charge in [0, 0.05) is 49.9 Å². The fourth-order valence-corrected chi connectivity index (χ4v) is 4.51. The molecule has 7 nitrogen and oxygen atoms in total. The van der Waals surface area contributed by atoms with Gasteiger partial charge in [0.15, 0.2) is 0 Å². The minimum absolute atomic E-state index is 0.0162. The second-order valence-corrected chi connectivity index (χ2v) is 8.99. The van der Waals surface area contributed by atoms with E-state index >= 15 is 0 Å². The summed E-state index contributed by atoms with van der Waals surface area (Å²) in [5.41, 5.74) is 4.23. The van der Waals surface area contributed by atoms with Crippen molar-refractivity contribution in [2.75, 3.05) is 19.7 Å². The van der Waals surface area contributed by atoms with Crippen LogP contribution in [0, 0.1) is 0 Å². The molecule has 0 aliphatic carbocycles. The Morgan fingerprint density at radius 1 is 1.09 bits per heavy atom. The Labute approximate surface area is 200 Å². The Hall–Kier alpha value is -3.32. The topological polar surface area (TPSA) is 83.8 Å². The Bertz CT molecular complexity index is 1150. The lowest BCUT2D eigenvalue weighted by molar-refractivity contribution is -0.137. The summed E-state index contributed by atoms with van der Waals surface area (Å²) < 4.78 is 8.30. The standard InChI is InChI=1S/C27H33N3O4/c1-29-23(16-21-7-3-4-8-24(21)29)18-30-17-22-15-20(10-12-27(32)33)9-11-25(22)34-14-6-2-5-13-28-26(31)19-30/h3-4,7-9,11,15-16H,2,5-6,10,12-14,17-19H2,1H3,(H,28,31)(H,32,33). The van der Waals surface area contributed by atoms with Gasteiger partial charge in [-0.1, -0.05) is 30.3 Å². The predicted molar refractivity (Wildman–Crippen MR) is 132 cm³/mol. The number of amides is 1. The number of ether oxygens (including phenoxy) is 1. The van der Waals surface area contributed by atoms with Crippen molar-refractivity contribution < 1.29 is 19.4 Å². The molecule has 180 valence electrons. The number of hydrogen-bond donors (Lipinski definition) is 2. The van der Waals surface area contributed by atoms with Crippen LogP contribution in [-0.4, -0.2) is 46.1 Å². The first-order valence-electron chi connectivity index (χ1n) is 12.0. The smallest absolute Gasteiger partial charge is 0.303 e. The molecule has 0 unspecified atom stereocenters. The third-order valence-corrected chi connectivity index (χ3v) is 6.35. The van der Waals surface area contributed by atoms with Crippen molar-refractivity contribution in [3.8, 4) is 5.75 Å². The highest BCUT2D eigenvalue weighted by molar-refractivity contribution is 5.81. The molecule has 0 radical (unpaired) electrons. The average Bonchev–Trinajstić information content (AvgIpc) is 3.13. The molecule has 7 heteroatoms. The highest BCUT2D eigenvalue weighted by Gasteiger charge is 2.18. The predicted octanol–water partition coefficient (Wildman–Crippen LogP) is 3.88. The van der Waals surface area contributed by atoms with Crippen LogP contribution in [-0.2, 0) is 36.1 Å². The van der Waals surface area contributed by atoms with Gasteiger partial charge < -0.3 is 19.7 Å². The summed E-state index contributed by atoms with van der Waals surface area (Å²) in [6.45, 7) is 2.72. The van der Waals surface area contributed by atoms with Gasteiger partial charge >= 0.3 is 5.97 Å². The molecule has 0 fully saturated rings. The molecule has 0 saturated heterocycles. The number of hydrogen-bond acceptors (Lipinski definition) is 4. The van der Waals surface area contributed by atoms with Crippen molar-refractivity contribution in [2.45, 2.75) is 45.2 Å². The third kappa shape index (κ3) is 6.17. The lowest BCUT2D eigenvalue weighted by atomic mass is 10.0. The molecule has 1 amide bonds. The number of carbonyl (C=O) groups is 2. The molecule has 3 aromatic rings. The largest absolute Gasteiger partial charge is 0.493 e. The minimum Gasteiger partial charge on any atom is -0.493 e. The van der Waals surface area contributed by atoms with Gasteiger partial charge in [-0.3, -0.25) is 14.5 Å². The highest BCUT2D eigenvalue weighted by Crippen LogP contribution is 2.25. The molecule has 2 N–H and O–H groups in total. The second-order valence-electron chi connectivity index (χ2n) is 8.99. The minimum atomic E-state index is -0.811. The number of para-hydroxylation sites is 1. The first kappa shape index (κ1) is 23.8. The number of nitrogens with one attached hydrogen (secondary N) is 1. The van der Waals surface area contributed by atoms with Gasteiger partial charge in [-0.05, 0) is 54.8 Å². The van der Waals surface area contributed by atoms with Crippen LogP contribution in [0.1, 0.15) is 42.5 Å². The molecule has 1 aliphatic rings. The summed E-state index contributed by atoms with van der Waals surface area (Å²) in [4.78, 5) is 25.9. The molecule has 4 rings (SSSR count). The van der Waals surface area contributed by atoms with Gasteiger partial charge in [0.25, 0.3) is 0 Å². The van der Waals surface area contributed by atoms with Crippen LogP contribution in [0.3, 0.4) is 0 Å². The van der Waals surface area contributed by atoms with E-state index in [1.807, 2.05) is 30.3 Å². The maximum Gasteiger partial charge on any atom is 0.303 e. The van der Waals surface area contributed by atoms with E-state index in [-0.39, 0.29) is 18.9 Å². The van der Waals surface area contributed by atoms with Crippen LogP contribution in [0.15, 0.2) is 48.5 Å². The zero-order valence-corrected chi connectivity index (χ0v) is 19.8. The maximum atomic E-state index is 12.7. The lowest BCUT2D eigenvalue weighted by Gasteiger charge is -2.24. The van der Waals surface area contributed by atoms with E-state index in [1.165, 1.54) is 5.39 Å². The maximum absolute atomic E-state index is 12.7. The van der Waals surface area contributed by atoms with Crippen LogP contribution in [0.2, 0.25) is 0 Å². The fraction of sp³-hybridized carbons (Fsp3) is 0.407. The number of carbonyl (C=O) groups excluding carboxylic acids is 1. The van der Waals surface area contributed by atoms with E-state index in [4.69, 9.17) is 9.84 Å². The summed E-state index contributed by atoms with van der Waals surface area (Å²) in [7, 11) is 2.06. The molecule has 0 spiro atoms. The lowest BCUT2D eigenvalue weighted by Crippen LogP contribution is -2.37. The zero-order chi connectivity index (χ0) is 23.9. The third-order valence-electron chi connectivity index (χ3n) is 6.35. The Morgan fingerprint density at radius 3 is 2.76 bits per heavy atom. The van der Waals surface area contributed by atoms with Gasteiger partial charge in [0.1, 0.15) is 5.75 Å². The zero-order valence-electron chi connectivity index (χ0n) is 19.8. The van der Waals surface area contributed by atoms with E-state index < -0.39 is 5.97 Å². The summed E-state index contributed by atoms with van der Waals surface area (Å²) >= 11 is 0. The Morgan fingerprint density at radius 2 is 1.94 bits per heavy atom. The SMILES string of the molecule is Cn1c(CN2CC(=O)NCCCCCOc3ccc(CCC(=O)O)cc3C2)cc2ccccc21. The summed E-state index contributed by atoms with van der Waals surface area (Å²) in [5.74, 6) is 0.0117. The van der Waals surface area contributed by atoms with Crippen molar-refractivity contribution >= 4 is 22.8 Å². The number of nitrogens with zero attached hydrogens (tertiary/aromatic N) is 2. The van der Waals surface area contributed by atoms with Crippen molar-refractivity contribution in [2.24, 2.45) is 7.05 Å². The molecule has 0 saturated carbocycles. The molecular weight excluding hydrogens is 430 g/mol. The van der Waals surface area contributed by atoms with Crippen LogP contribution in [0.4, 0.5) is 0 Å². The van der Waals surface area contributed by atoms with Gasteiger partial charge in [-0.15, -0.1) is 0 Å². The Kier molecular flexibility index (Phi) is 7.85. The van der Waals surface area contributed by atoms with Crippen LogP contribution in [0.25, 0.3) is 10.9 Å². The number of aromatic nitrogens is 1. The number of carboxylic acids is 1. The number of rotatable bonds is 5. The highest BCUT2D eigenvalue weighted by atomic mass is 16.5. The molecule has 2 aromatic carbocycles. The van der Waals surface area contributed by atoms with Crippen LogP contribution in [0.5, 0.6) is 5.75 Å². The molecule has 1 aromatic heterocycles. The fourth-order valence-electron chi connectivity index (χ4n) is 4.51. The number of fused-ring (bicyclic) bond motifs is 2. The van der Waals surface area contributed by atoms with Crippen molar-refractivity contribution in [1.82, 2.24) is 14.8 Å². The monoisotopic (exact) mass is 463 g/mol. The van der Waals surface area contributed by atoms with E-state index in [0.717, 1.165) is 47.3 Å². The second kappa shape index (κ2) is 11.2. The van der Waals surface area contributed by atoms with Crippen molar-refractivity contribution in [3.63, 3.8) is 0 Å². The molecule has 0 bridgehead atoms. The molecule has 0 atom stereocenters. The number of benzene rings is 2. The van der Waals surface area contributed by atoms with E-state index in [9.17, 15) is 9.59 Å². The summed E-state index contributed by atoms with van der Waals surface area (Å²) in [5, 5.41) is 13.3. The Balaban J connectivity index is 1.63. The number of aliphatic carboxylic acids is 1. The first-order chi connectivity index (χ1) is 16.5. The number of aryl methyl sites for hydroxylation is 2. The van der Waals surface area contributed by atoms with Crippen LogP contribution >= 0.6 is 0 Å². The van der Waals surface area contributed by atoms with Crippen LogP contribution < -0.4 is 10.1 Å². The van der Waals surface area contributed by atoms with Gasteiger partial charge in [0.2, 0.25) is 5.91 Å². The quantitative estimate of drug-likeness (QED) is 0.600. The molecule has 34 heavy (non-hydrogen) atoms. The molecule has 1 aliphatic heterocycles. The van der Waals surface area contributed by atoms with E-state index in [2.05, 4.69) is 40.0 Å². The van der Waals surface area contributed by atoms with Gasteiger partial charge in [0.05, 0.1) is 13.2 Å². The first-order valence-corrected chi connectivity index (χ1v) is 12.0. The summed E-state index contributed by atoms with van der Waals surface area (Å²) in [6, 6.07) is 16.4. The van der Waals surface area contributed by atoms with Gasteiger partial charge in [-0.2, -0.15) is 0 Å². The van der Waals surface area contributed by atoms with Crippen molar-refractivity contribution in [1.29, 1.82) is 0 Å². The van der Waals surface area contributed by atoms with Gasteiger partial charge in [-0.25, -0.2) is 0 Å². The van der Waals surface area contributed by atoms with E-state index in [1.54, 1.807) is 0 Å². The summed E-state index contributed by atoms with van der Waals surface area (Å²) in [6.07, 6.45) is 3.40. The average molecular weight is 464 g/mol. The molecular formula is C27H33N3O4. The normalized spacial score (nSPS) is 16.0. The van der Waals surface area contributed by atoms with Crippen molar-refractivity contribution in [3.05, 3.63) is 65.4 Å². The van der Waals surface area contributed by atoms with E-state index in [0.29, 0.717) is 32.7 Å².